The van der Waals surface area contributed by atoms with E-state index in [-0.39, 0.29) is 0 Å². The van der Waals surface area contributed by atoms with E-state index in [9.17, 15) is 0 Å². The van der Waals surface area contributed by atoms with Crippen molar-refractivity contribution in [3.63, 3.8) is 0 Å². The molecule has 0 aliphatic rings. The summed E-state index contributed by atoms with van der Waals surface area (Å²) >= 11 is 12.0. The molecule has 19 heavy (non-hydrogen) atoms. The van der Waals surface area contributed by atoms with Crippen LogP contribution in [0.2, 0.25) is 10.0 Å². The van der Waals surface area contributed by atoms with Crippen LogP contribution in [0.15, 0.2) is 49.0 Å². The molecule has 0 unspecified atom stereocenters. The largest absolute Gasteiger partial charge is 0.488 e. The summed E-state index contributed by atoms with van der Waals surface area (Å²) in [6, 6.07) is 13.2. The van der Waals surface area contributed by atoms with Gasteiger partial charge in [-0.25, -0.2) is 0 Å². The van der Waals surface area contributed by atoms with Gasteiger partial charge in [0.2, 0.25) is 0 Å². The van der Waals surface area contributed by atoms with Crippen LogP contribution in [-0.2, 0) is 6.61 Å². The average molecular weight is 293 g/mol. The summed E-state index contributed by atoms with van der Waals surface area (Å²) in [6.45, 7) is 6.31. The molecule has 0 saturated carbocycles. The van der Waals surface area contributed by atoms with Crippen LogP contribution < -0.4 is 4.74 Å². The van der Waals surface area contributed by atoms with E-state index < -0.39 is 0 Å². The Hall–Kier alpha value is -1.44. The SMILES string of the molecule is C=C(C)c1ccccc1OCc1ccc(Cl)cc1Cl. The minimum Gasteiger partial charge on any atom is -0.488 e. The van der Waals surface area contributed by atoms with Gasteiger partial charge in [-0.15, -0.1) is 0 Å². The van der Waals surface area contributed by atoms with Crippen molar-refractivity contribution in [2.45, 2.75) is 13.5 Å². The number of rotatable bonds is 4. The van der Waals surface area contributed by atoms with Gasteiger partial charge in [0.25, 0.3) is 0 Å². The molecular formula is C16H14Cl2O. The summed E-state index contributed by atoms with van der Waals surface area (Å²) in [5, 5.41) is 1.23. The number of halogens is 2. The smallest absolute Gasteiger partial charge is 0.127 e. The molecule has 0 aliphatic heterocycles. The van der Waals surface area contributed by atoms with Gasteiger partial charge in [0, 0.05) is 21.2 Å². The van der Waals surface area contributed by atoms with Crippen molar-refractivity contribution >= 4 is 28.8 Å². The number of ether oxygens (including phenoxy) is 1. The van der Waals surface area contributed by atoms with Gasteiger partial charge in [-0.1, -0.05) is 54.0 Å². The average Bonchev–Trinajstić information content (AvgIpc) is 2.38. The van der Waals surface area contributed by atoms with E-state index in [1.54, 1.807) is 12.1 Å². The normalized spacial score (nSPS) is 10.3. The van der Waals surface area contributed by atoms with E-state index in [0.29, 0.717) is 16.7 Å². The Bertz CT molecular complexity index is 605. The lowest BCUT2D eigenvalue weighted by atomic mass is 10.1. The quantitative estimate of drug-likeness (QED) is 0.712. The molecule has 0 saturated heterocycles. The predicted molar refractivity (Wildman–Crippen MR) is 81.9 cm³/mol. The summed E-state index contributed by atoms with van der Waals surface area (Å²) in [6.07, 6.45) is 0. The van der Waals surface area contributed by atoms with E-state index in [0.717, 1.165) is 22.4 Å². The van der Waals surface area contributed by atoms with Gasteiger partial charge in [0.1, 0.15) is 12.4 Å². The molecule has 0 spiro atoms. The summed E-state index contributed by atoms with van der Waals surface area (Å²) in [7, 11) is 0. The van der Waals surface area contributed by atoms with Crippen molar-refractivity contribution in [3.05, 3.63) is 70.2 Å². The zero-order chi connectivity index (χ0) is 13.8. The molecule has 0 N–H and O–H groups in total. The molecule has 3 heteroatoms. The van der Waals surface area contributed by atoms with Crippen molar-refractivity contribution in [3.8, 4) is 5.75 Å². The first-order valence-electron chi connectivity index (χ1n) is 5.89. The molecule has 0 radical (unpaired) electrons. The zero-order valence-corrected chi connectivity index (χ0v) is 12.1. The number of hydrogen-bond donors (Lipinski definition) is 0. The first kappa shape index (κ1) is 14.0. The number of allylic oxidation sites excluding steroid dienone is 1. The van der Waals surface area contributed by atoms with E-state index >= 15 is 0 Å². The molecule has 2 aromatic carbocycles. The summed E-state index contributed by atoms with van der Waals surface area (Å²) < 4.78 is 5.82. The zero-order valence-electron chi connectivity index (χ0n) is 10.6. The van der Waals surface area contributed by atoms with Crippen LogP contribution in [0, 0.1) is 0 Å². The van der Waals surface area contributed by atoms with Crippen LogP contribution in [0.3, 0.4) is 0 Å². The van der Waals surface area contributed by atoms with Gasteiger partial charge in [0.15, 0.2) is 0 Å². The predicted octanol–water partition coefficient (Wildman–Crippen LogP) is 5.61. The Kier molecular flexibility index (Phi) is 4.52. The van der Waals surface area contributed by atoms with Crippen LogP contribution in [-0.4, -0.2) is 0 Å². The maximum atomic E-state index is 6.12. The van der Waals surface area contributed by atoms with Crippen LogP contribution in [0.4, 0.5) is 0 Å². The second-order valence-electron chi connectivity index (χ2n) is 4.30. The van der Waals surface area contributed by atoms with Crippen molar-refractivity contribution in [1.82, 2.24) is 0 Å². The Labute approximate surface area is 123 Å². The van der Waals surface area contributed by atoms with Crippen molar-refractivity contribution in [2.75, 3.05) is 0 Å². The second kappa shape index (κ2) is 6.14. The Morgan fingerprint density at radius 1 is 1.16 bits per heavy atom. The second-order valence-corrected chi connectivity index (χ2v) is 5.14. The van der Waals surface area contributed by atoms with E-state index in [2.05, 4.69) is 6.58 Å². The van der Waals surface area contributed by atoms with E-state index in [1.807, 2.05) is 37.3 Å². The first-order valence-corrected chi connectivity index (χ1v) is 6.65. The molecule has 1 nitrogen and oxygen atoms in total. The highest BCUT2D eigenvalue weighted by Crippen LogP contribution is 2.27. The van der Waals surface area contributed by atoms with Crippen LogP contribution in [0.1, 0.15) is 18.1 Å². The fourth-order valence-electron chi connectivity index (χ4n) is 1.74. The van der Waals surface area contributed by atoms with Gasteiger partial charge in [-0.05, 0) is 30.7 Å². The van der Waals surface area contributed by atoms with E-state index in [4.69, 9.17) is 27.9 Å². The lowest BCUT2D eigenvalue weighted by Gasteiger charge is -2.12. The minimum absolute atomic E-state index is 0.403. The molecule has 0 aromatic heterocycles. The van der Waals surface area contributed by atoms with Crippen molar-refractivity contribution in [2.24, 2.45) is 0 Å². The van der Waals surface area contributed by atoms with Crippen LogP contribution in [0.25, 0.3) is 5.57 Å². The van der Waals surface area contributed by atoms with Gasteiger partial charge < -0.3 is 4.74 Å². The Morgan fingerprint density at radius 2 is 1.89 bits per heavy atom. The van der Waals surface area contributed by atoms with Crippen LogP contribution in [0.5, 0.6) is 5.75 Å². The van der Waals surface area contributed by atoms with E-state index in [1.165, 1.54) is 0 Å². The molecule has 0 bridgehead atoms. The topological polar surface area (TPSA) is 9.23 Å². The summed E-state index contributed by atoms with van der Waals surface area (Å²) in [4.78, 5) is 0. The molecule has 0 aliphatic carbocycles. The van der Waals surface area contributed by atoms with Crippen molar-refractivity contribution < 1.29 is 4.74 Å². The third-order valence-corrected chi connectivity index (χ3v) is 3.33. The third kappa shape index (κ3) is 3.52. The van der Waals surface area contributed by atoms with Gasteiger partial charge in [-0.2, -0.15) is 0 Å². The molecule has 0 atom stereocenters. The standard InChI is InChI=1S/C16H14Cl2O/c1-11(2)14-5-3-4-6-16(14)19-10-12-7-8-13(17)9-15(12)18/h3-9H,1,10H2,2H3. The molecule has 2 aromatic rings. The minimum atomic E-state index is 0.403. The molecular weight excluding hydrogens is 279 g/mol. The lowest BCUT2D eigenvalue weighted by molar-refractivity contribution is 0.305. The molecule has 0 heterocycles. The monoisotopic (exact) mass is 292 g/mol. The maximum absolute atomic E-state index is 6.12. The Morgan fingerprint density at radius 3 is 2.58 bits per heavy atom. The summed E-state index contributed by atoms with van der Waals surface area (Å²) in [5.74, 6) is 0.806. The summed E-state index contributed by atoms with van der Waals surface area (Å²) in [5.41, 5.74) is 2.88. The van der Waals surface area contributed by atoms with Gasteiger partial charge in [0.05, 0.1) is 0 Å². The highest BCUT2D eigenvalue weighted by atomic mass is 35.5. The molecule has 0 fully saturated rings. The molecule has 2 rings (SSSR count). The fraction of sp³-hybridized carbons (Fsp3) is 0.125. The van der Waals surface area contributed by atoms with Crippen LogP contribution >= 0.6 is 23.2 Å². The number of hydrogen-bond acceptors (Lipinski definition) is 1. The maximum Gasteiger partial charge on any atom is 0.127 e. The number of para-hydroxylation sites is 1. The lowest BCUT2D eigenvalue weighted by Crippen LogP contribution is -1.98. The first-order chi connectivity index (χ1) is 9.08. The van der Waals surface area contributed by atoms with Gasteiger partial charge in [-0.3, -0.25) is 0 Å². The fourth-order valence-corrected chi connectivity index (χ4v) is 2.20. The highest BCUT2D eigenvalue weighted by molar-refractivity contribution is 6.35. The number of benzene rings is 2. The molecule has 98 valence electrons. The third-order valence-electron chi connectivity index (χ3n) is 2.75. The van der Waals surface area contributed by atoms with Gasteiger partial charge >= 0.3 is 0 Å². The highest BCUT2D eigenvalue weighted by Gasteiger charge is 2.06. The van der Waals surface area contributed by atoms with Crippen molar-refractivity contribution in [1.29, 1.82) is 0 Å². The Balaban J connectivity index is 2.17. The molecule has 0 amide bonds.